The van der Waals surface area contributed by atoms with E-state index < -0.39 is 0 Å². The molecule has 3 aromatic heterocycles. The second-order valence-electron chi connectivity index (χ2n) is 8.88. The van der Waals surface area contributed by atoms with Crippen molar-refractivity contribution in [1.82, 2.24) is 29.6 Å². The molecule has 2 unspecified atom stereocenters. The summed E-state index contributed by atoms with van der Waals surface area (Å²) in [5, 5.41) is 6.10. The molecule has 4 heterocycles. The molecule has 2 atom stereocenters. The van der Waals surface area contributed by atoms with Crippen LogP contribution in [-0.4, -0.2) is 42.7 Å². The standard InChI is InChI=1S/C24H28N6O/c1-4-17-13-29(12-16-9-18-7-5-6-8-21(18)25-10-16)14-20(17)22-27-23-19(24(31)28-22)11-26-30(23)15(2)3/h5-11,15,17,20H,4,12-14H2,1-3H3,(H,27,28,31). The normalized spacial score (nSPS) is 19.7. The van der Waals surface area contributed by atoms with Crippen molar-refractivity contribution in [1.29, 1.82) is 0 Å². The molecule has 1 fully saturated rings. The van der Waals surface area contributed by atoms with Gasteiger partial charge in [0.15, 0.2) is 5.65 Å². The lowest BCUT2D eigenvalue weighted by Crippen LogP contribution is -2.21. The molecule has 0 bridgehead atoms. The lowest BCUT2D eigenvalue weighted by Gasteiger charge is -2.16. The van der Waals surface area contributed by atoms with Gasteiger partial charge in [-0.2, -0.15) is 5.10 Å². The molecule has 5 rings (SSSR count). The summed E-state index contributed by atoms with van der Waals surface area (Å²) in [6, 6.07) is 10.6. The Kier molecular flexibility index (Phi) is 5.06. The predicted molar refractivity (Wildman–Crippen MR) is 122 cm³/mol. The minimum Gasteiger partial charge on any atom is -0.310 e. The van der Waals surface area contributed by atoms with E-state index in [4.69, 9.17) is 4.98 Å². The number of hydrogen-bond acceptors (Lipinski definition) is 5. The summed E-state index contributed by atoms with van der Waals surface area (Å²) < 4.78 is 1.84. The van der Waals surface area contributed by atoms with E-state index in [1.165, 1.54) is 10.9 Å². The minimum atomic E-state index is -0.0982. The Balaban J connectivity index is 1.43. The number of hydrogen-bond donors (Lipinski definition) is 1. The summed E-state index contributed by atoms with van der Waals surface area (Å²) in [5.74, 6) is 1.43. The van der Waals surface area contributed by atoms with Gasteiger partial charge in [-0.1, -0.05) is 31.5 Å². The third-order valence-corrected chi connectivity index (χ3v) is 6.42. The number of fused-ring (bicyclic) bond motifs is 2. The van der Waals surface area contributed by atoms with E-state index >= 15 is 0 Å². The van der Waals surface area contributed by atoms with Gasteiger partial charge < -0.3 is 4.98 Å². The van der Waals surface area contributed by atoms with Crippen molar-refractivity contribution in [2.45, 2.75) is 45.7 Å². The maximum atomic E-state index is 12.7. The van der Waals surface area contributed by atoms with Crippen LogP contribution >= 0.6 is 0 Å². The third kappa shape index (κ3) is 3.63. The smallest absolute Gasteiger partial charge is 0.262 e. The average Bonchev–Trinajstić information content (AvgIpc) is 3.38. The summed E-state index contributed by atoms with van der Waals surface area (Å²) in [7, 11) is 0. The van der Waals surface area contributed by atoms with Gasteiger partial charge in [-0.15, -0.1) is 0 Å². The summed E-state index contributed by atoms with van der Waals surface area (Å²) in [6.07, 6.45) is 4.64. The molecule has 7 nitrogen and oxygen atoms in total. The molecule has 7 heteroatoms. The van der Waals surface area contributed by atoms with E-state index in [0.29, 0.717) is 17.0 Å². The molecule has 0 amide bonds. The van der Waals surface area contributed by atoms with Crippen LogP contribution in [0.3, 0.4) is 0 Å². The number of benzene rings is 1. The highest BCUT2D eigenvalue weighted by Gasteiger charge is 2.34. The molecule has 160 valence electrons. The maximum Gasteiger partial charge on any atom is 0.262 e. The van der Waals surface area contributed by atoms with Gasteiger partial charge in [-0.25, -0.2) is 9.67 Å². The van der Waals surface area contributed by atoms with Crippen LogP contribution in [0.1, 0.15) is 50.5 Å². The fraction of sp³-hybridized carbons (Fsp3) is 0.417. The number of H-pyrrole nitrogens is 1. The molecule has 1 saturated heterocycles. The quantitative estimate of drug-likeness (QED) is 0.534. The second kappa shape index (κ2) is 7.89. The van der Waals surface area contributed by atoms with E-state index in [9.17, 15) is 4.79 Å². The molecule has 31 heavy (non-hydrogen) atoms. The highest BCUT2D eigenvalue weighted by atomic mass is 16.1. The highest BCUT2D eigenvalue weighted by Crippen LogP contribution is 2.34. The van der Waals surface area contributed by atoms with Crippen LogP contribution in [0, 0.1) is 5.92 Å². The van der Waals surface area contributed by atoms with Crippen molar-refractivity contribution >= 4 is 21.9 Å². The van der Waals surface area contributed by atoms with E-state index in [1.807, 2.05) is 29.1 Å². The van der Waals surface area contributed by atoms with Crippen LogP contribution in [0.5, 0.6) is 0 Å². The zero-order chi connectivity index (χ0) is 21.5. The topological polar surface area (TPSA) is 79.7 Å². The Labute approximate surface area is 181 Å². The van der Waals surface area contributed by atoms with E-state index in [0.717, 1.165) is 37.4 Å². The van der Waals surface area contributed by atoms with Gasteiger partial charge in [0.2, 0.25) is 0 Å². The van der Waals surface area contributed by atoms with Crippen molar-refractivity contribution in [3.63, 3.8) is 0 Å². The Hall–Kier alpha value is -3.06. The first-order valence-electron chi connectivity index (χ1n) is 11.1. The van der Waals surface area contributed by atoms with Crippen molar-refractivity contribution < 1.29 is 0 Å². The Morgan fingerprint density at radius 3 is 2.84 bits per heavy atom. The largest absolute Gasteiger partial charge is 0.310 e. The van der Waals surface area contributed by atoms with Crippen molar-refractivity contribution in [2.75, 3.05) is 13.1 Å². The monoisotopic (exact) mass is 416 g/mol. The van der Waals surface area contributed by atoms with Gasteiger partial charge in [0, 0.05) is 43.2 Å². The number of aromatic amines is 1. The third-order valence-electron chi connectivity index (χ3n) is 6.42. The number of pyridine rings is 1. The zero-order valence-electron chi connectivity index (χ0n) is 18.2. The lowest BCUT2D eigenvalue weighted by molar-refractivity contribution is 0.314. The Morgan fingerprint density at radius 2 is 2.03 bits per heavy atom. The lowest BCUT2D eigenvalue weighted by atomic mass is 9.93. The van der Waals surface area contributed by atoms with E-state index in [2.05, 4.69) is 52.9 Å². The number of para-hydroxylation sites is 1. The molecule has 1 aliphatic rings. The molecular formula is C24H28N6O. The fourth-order valence-corrected chi connectivity index (χ4v) is 4.78. The predicted octanol–water partition coefficient (Wildman–Crippen LogP) is 3.87. The number of nitrogens with zero attached hydrogens (tertiary/aromatic N) is 5. The van der Waals surface area contributed by atoms with E-state index in [-0.39, 0.29) is 17.5 Å². The molecule has 1 N–H and O–H groups in total. The van der Waals surface area contributed by atoms with Crippen molar-refractivity contribution in [2.24, 2.45) is 5.92 Å². The van der Waals surface area contributed by atoms with Crippen LogP contribution in [0.15, 0.2) is 47.5 Å². The number of likely N-dealkylation sites (tertiary alicyclic amines) is 1. The molecule has 4 aromatic rings. The summed E-state index contributed by atoms with van der Waals surface area (Å²) in [6.45, 7) is 9.03. The van der Waals surface area contributed by atoms with Gasteiger partial charge in [-0.3, -0.25) is 14.7 Å². The number of nitrogens with one attached hydrogen (secondary N) is 1. The van der Waals surface area contributed by atoms with Crippen LogP contribution in [0.4, 0.5) is 0 Å². The van der Waals surface area contributed by atoms with Crippen LogP contribution in [0.25, 0.3) is 21.9 Å². The summed E-state index contributed by atoms with van der Waals surface area (Å²) >= 11 is 0. The number of aromatic nitrogens is 5. The van der Waals surface area contributed by atoms with Crippen molar-refractivity contribution in [3.05, 3.63) is 64.5 Å². The maximum absolute atomic E-state index is 12.7. The molecule has 0 aliphatic carbocycles. The van der Waals surface area contributed by atoms with Crippen molar-refractivity contribution in [3.8, 4) is 0 Å². The van der Waals surface area contributed by atoms with Crippen LogP contribution in [0.2, 0.25) is 0 Å². The van der Waals surface area contributed by atoms with Gasteiger partial charge in [0.1, 0.15) is 11.2 Å². The average molecular weight is 417 g/mol. The molecular weight excluding hydrogens is 388 g/mol. The Bertz CT molecular complexity index is 1290. The van der Waals surface area contributed by atoms with Gasteiger partial charge >= 0.3 is 0 Å². The fourth-order valence-electron chi connectivity index (χ4n) is 4.78. The molecule has 0 spiro atoms. The van der Waals surface area contributed by atoms with Crippen LogP contribution < -0.4 is 5.56 Å². The minimum absolute atomic E-state index is 0.0982. The summed E-state index contributed by atoms with van der Waals surface area (Å²) in [4.78, 5) is 27.7. The molecule has 1 aliphatic heterocycles. The zero-order valence-corrected chi connectivity index (χ0v) is 18.2. The first-order chi connectivity index (χ1) is 15.0. The van der Waals surface area contributed by atoms with Gasteiger partial charge in [0.25, 0.3) is 5.56 Å². The Morgan fingerprint density at radius 1 is 1.19 bits per heavy atom. The second-order valence-corrected chi connectivity index (χ2v) is 8.88. The van der Waals surface area contributed by atoms with Crippen LogP contribution in [-0.2, 0) is 6.54 Å². The van der Waals surface area contributed by atoms with Gasteiger partial charge in [0.05, 0.1) is 11.7 Å². The molecule has 0 radical (unpaired) electrons. The van der Waals surface area contributed by atoms with E-state index in [1.54, 1.807) is 6.20 Å². The first-order valence-corrected chi connectivity index (χ1v) is 11.1. The first kappa shape index (κ1) is 19.9. The highest BCUT2D eigenvalue weighted by molar-refractivity contribution is 5.78. The number of rotatable bonds is 5. The molecule has 1 aromatic carbocycles. The summed E-state index contributed by atoms with van der Waals surface area (Å²) in [5.41, 5.74) is 2.82. The SMILES string of the molecule is CCC1CN(Cc2cnc3ccccc3c2)CC1c1nc2c(cnn2C(C)C)c(=O)[nH]1. The van der Waals surface area contributed by atoms with Gasteiger partial charge in [-0.05, 0) is 37.5 Å². The molecule has 0 saturated carbocycles.